The summed E-state index contributed by atoms with van der Waals surface area (Å²) >= 11 is 7.17. The number of esters is 2. The van der Waals surface area contributed by atoms with Crippen molar-refractivity contribution in [3.05, 3.63) is 211 Å². The van der Waals surface area contributed by atoms with E-state index in [9.17, 15) is 9.59 Å². The van der Waals surface area contributed by atoms with E-state index in [0.29, 0.717) is 0 Å². The molecule has 0 heterocycles. The van der Waals surface area contributed by atoms with Crippen molar-refractivity contribution in [2.45, 2.75) is 50.3 Å². The minimum absolute atomic E-state index is 0.194. The number of carbonyl (C=O) groups excluding carboxylic acids is 2. The van der Waals surface area contributed by atoms with Crippen molar-refractivity contribution in [1.29, 1.82) is 0 Å². The molecule has 0 amide bonds. The van der Waals surface area contributed by atoms with Gasteiger partial charge >= 0.3 is 11.9 Å². The molecule has 2 unspecified atom stereocenters. The number of hydrogen-bond acceptors (Lipinski definition) is 8. The predicted molar refractivity (Wildman–Crippen MR) is 233 cm³/mol. The molecule has 58 heavy (non-hydrogen) atoms. The van der Waals surface area contributed by atoms with Crippen LogP contribution in [0.25, 0.3) is 0 Å². The van der Waals surface area contributed by atoms with Gasteiger partial charge in [-0.2, -0.15) is 0 Å². The molecule has 0 radical (unpaired) electrons. The van der Waals surface area contributed by atoms with E-state index >= 15 is 0 Å². The Labute approximate surface area is 356 Å². The Morgan fingerprint density at radius 1 is 0.500 bits per heavy atom. The van der Waals surface area contributed by atoms with E-state index in [1.165, 1.54) is 0 Å². The van der Waals surface area contributed by atoms with Gasteiger partial charge in [-0.25, -0.2) is 9.59 Å². The quantitative estimate of drug-likeness (QED) is 0.0729. The highest BCUT2D eigenvalue weighted by molar-refractivity contribution is 9.10. The van der Waals surface area contributed by atoms with Gasteiger partial charge in [0.05, 0.1) is 25.3 Å². The van der Waals surface area contributed by atoms with Gasteiger partial charge in [-0.15, -0.1) is 0 Å². The van der Waals surface area contributed by atoms with Crippen molar-refractivity contribution in [2.24, 2.45) is 11.5 Å². The maximum atomic E-state index is 13.4. The van der Waals surface area contributed by atoms with Crippen LogP contribution in [0, 0.1) is 13.8 Å². The molecule has 0 aliphatic heterocycles. The largest absolute Gasteiger partial charge is 0.455 e. The molecule has 0 saturated heterocycles. The van der Waals surface area contributed by atoms with Gasteiger partial charge in [-0.3, -0.25) is 0 Å². The molecular formula is C48H46Br2N2O6. The highest BCUT2D eigenvalue weighted by Gasteiger charge is 2.44. The first-order valence-electron chi connectivity index (χ1n) is 18.9. The lowest BCUT2D eigenvalue weighted by Crippen LogP contribution is -2.52. The first-order chi connectivity index (χ1) is 28.0. The molecule has 0 spiro atoms. The first kappa shape index (κ1) is 42.7. The van der Waals surface area contributed by atoms with Gasteiger partial charge in [0.15, 0.2) is 0 Å². The number of nitrogens with two attached hydrogens (primary N) is 2. The second-order valence-electron chi connectivity index (χ2n) is 14.2. The summed E-state index contributed by atoms with van der Waals surface area (Å²) in [7, 11) is 0. The van der Waals surface area contributed by atoms with Crippen LogP contribution in [0.5, 0.6) is 0 Å². The van der Waals surface area contributed by atoms with E-state index in [0.717, 1.165) is 53.5 Å². The van der Waals surface area contributed by atoms with E-state index in [1.54, 1.807) is 0 Å². The summed E-state index contributed by atoms with van der Waals surface area (Å²) in [4.78, 5) is 26.8. The van der Waals surface area contributed by atoms with Crippen molar-refractivity contribution in [2.75, 3.05) is 13.2 Å². The third-order valence-corrected chi connectivity index (χ3v) is 10.9. The van der Waals surface area contributed by atoms with E-state index in [4.69, 9.17) is 30.4 Å². The normalized spacial score (nSPS) is 12.7. The topological polar surface area (TPSA) is 123 Å². The number of hydrogen-bond donors (Lipinski definition) is 2. The molecule has 0 fully saturated rings. The Morgan fingerprint density at radius 3 is 1.07 bits per heavy atom. The van der Waals surface area contributed by atoms with Crippen LogP contribution >= 0.6 is 31.9 Å². The molecule has 2 atom stereocenters. The molecule has 0 saturated carbocycles. The van der Waals surface area contributed by atoms with Gasteiger partial charge in [0.2, 0.25) is 0 Å². The smallest absolute Gasteiger partial charge is 0.417 e. The number of rotatable bonds is 16. The van der Waals surface area contributed by atoms with Gasteiger partial charge < -0.3 is 30.4 Å². The minimum atomic E-state index is -1.28. The van der Waals surface area contributed by atoms with Crippen LogP contribution in [0.4, 0.5) is 0 Å². The van der Waals surface area contributed by atoms with Gasteiger partial charge in [0.25, 0.3) is 0 Å². The van der Waals surface area contributed by atoms with E-state index < -0.39 is 35.2 Å². The van der Waals surface area contributed by atoms with Crippen molar-refractivity contribution in [3.8, 4) is 0 Å². The maximum Gasteiger partial charge on any atom is 0.417 e. The second kappa shape index (κ2) is 19.7. The summed E-state index contributed by atoms with van der Waals surface area (Å²) in [5, 5.41) is 0. The summed E-state index contributed by atoms with van der Waals surface area (Å²) in [5.74, 6) is -2.42. The van der Waals surface area contributed by atoms with Gasteiger partial charge in [-0.1, -0.05) is 165 Å². The lowest BCUT2D eigenvalue weighted by molar-refractivity contribution is -0.171. The molecule has 8 nitrogen and oxygen atoms in total. The zero-order valence-corrected chi connectivity index (χ0v) is 35.5. The van der Waals surface area contributed by atoms with Crippen molar-refractivity contribution < 1.29 is 28.5 Å². The third-order valence-electron chi connectivity index (χ3n) is 9.95. The van der Waals surface area contributed by atoms with E-state index in [2.05, 4.69) is 31.9 Å². The van der Waals surface area contributed by atoms with Crippen molar-refractivity contribution in [1.82, 2.24) is 0 Å². The molecule has 0 aromatic heterocycles. The summed E-state index contributed by atoms with van der Waals surface area (Å²) in [5.41, 5.74) is 18.4. The highest BCUT2D eigenvalue weighted by Crippen LogP contribution is 2.39. The fourth-order valence-corrected chi connectivity index (χ4v) is 8.66. The zero-order valence-electron chi connectivity index (χ0n) is 32.4. The van der Waals surface area contributed by atoms with Crippen LogP contribution in [0.1, 0.15) is 44.5 Å². The average molecular weight is 907 g/mol. The van der Waals surface area contributed by atoms with Crippen LogP contribution in [-0.4, -0.2) is 37.2 Å². The summed E-state index contributed by atoms with van der Waals surface area (Å²) in [6, 6.07) is 48.3. The fraction of sp³-hybridized carbons (Fsp3) is 0.208. The van der Waals surface area contributed by atoms with Crippen molar-refractivity contribution in [3.63, 3.8) is 0 Å². The van der Waals surface area contributed by atoms with Crippen LogP contribution in [0.15, 0.2) is 167 Å². The highest BCUT2D eigenvalue weighted by atomic mass is 79.9. The number of benzene rings is 6. The van der Waals surface area contributed by atoms with Crippen LogP contribution in [-0.2, 0) is 53.0 Å². The van der Waals surface area contributed by atoms with Gasteiger partial charge in [0, 0.05) is 8.95 Å². The summed E-state index contributed by atoms with van der Waals surface area (Å²) in [6.07, 6.45) is 0. The average Bonchev–Trinajstić information content (AvgIpc) is 3.23. The molecule has 10 heteroatoms. The Bertz CT molecular complexity index is 1990. The van der Waals surface area contributed by atoms with Crippen LogP contribution in [0.3, 0.4) is 0 Å². The predicted octanol–water partition coefficient (Wildman–Crippen LogP) is 9.19. The lowest BCUT2D eigenvalue weighted by atomic mass is 9.80. The van der Waals surface area contributed by atoms with Crippen LogP contribution in [0.2, 0.25) is 0 Å². The molecule has 6 aromatic rings. The van der Waals surface area contributed by atoms with E-state index in [1.807, 2.05) is 172 Å². The molecule has 6 aromatic carbocycles. The zero-order chi connectivity index (χ0) is 41.1. The SMILES string of the molecule is Cc1cc(Br)cc(COC(c2ccccc2)(c2ccccc2)C(N)COC(=O)C(=O)OCC(N)C(OCc2cc(C)cc(Br)c2)(c2ccccc2)c2ccccc2)c1. The lowest BCUT2D eigenvalue weighted by Gasteiger charge is -2.40. The third kappa shape index (κ3) is 10.0. The Kier molecular flexibility index (Phi) is 14.5. The molecule has 4 N–H and O–H groups in total. The fourth-order valence-electron chi connectivity index (χ4n) is 7.35. The second-order valence-corrected chi connectivity index (χ2v) is 16.0. The number of halogens is 2. The summed E-state index contributed by atoms with van der Waals surface area (Å²) in [6.45, 7) is 3.67. The molecule has 0 bridgehead atoms. The molecule has 6 rings (SSSR count). The number of ether oxygens (including phenoxy) is 4. The Balaban J connectivity index is 1.22. The minimum Gasteiger partial charge on any atom is -0.455 e. The Hall–Kier alpha value is -4.94. The monoisotopic (exact) mass is 904 g/mol. The summed E-state index contributed by atoms with van der Waals surface area (Å²) < 4.78 is 26.7. The Morgan fingerprint density at radius 2 is 0.793 bits per heavy atom. The number of aryl methyl sites for hydroxylation is 2. The molecular weight excluding hydrogens is 860 g/mol. The maximum absolute atomic E-state index is 13.4. The number of carbonyl (C=O) groups is 2. The van der Waals surface area contributed by atoms with Crippen LogP contribution < -0.4 is 11.5 Å². The van der Waals surface area contributed by atoms with Gasteiger partial charge in [0.1, 0.15) is 24.4 Å². The molecule has 0 aliphatic rings. The standard InChI is InChI=1S/C48H46Br2N2O6/c1-33-23-35(27-41(49)25-33)29-57-47(37-15-7-3-8-16-37,38-17-9-4-10-18-38)43(51)31-55-45(53)46(54)56-32-44(52)48(39-19-11-5-12-20-39,40-21-13-6-14-22-40)58-30-36-24-34(2)26-42(50)28-36/h3-28,43-44H,29-32,51-52H2,1-2H3. The van der Waals surface area contributed by atoms with Gasteiger partial charge in [-0.05, 0) is 82.6 Å². The molecule has 298 valence electrons. The molecule has 0 aliphatic carbocycles. The van der Waals surface area contributed by atoms with E-state index in [-0.39, 0.29) is 26.4 Å². The first-order valence-corrected chi connectivity index (χ1v) is 20.5. The van der Waals surface area contributed by atoms with Crippen molar-refractivity contribution >= 4 is 43.8 Å².